The molecule has 0 aliphatic carbocycles. The van der Waals surface area contributed by atoms with Gasteiger partial charge in [0.2, 0.25) is 5.91 Å². The summed E-state index contributed by atoms with van der Waals surface area (Å²) < 4.78 is 4.97. The molecule has 0 aromatic rings. The molecule has 1 fully saturated rings. The maximum Gasteiger partial charge on any atom is 0.307 e. The Labute approximate surface area is 108 Å². The minimum atomic E-state index is -0.783. The van der Waals surface area contributed by atoms with E-state index in [-0.39, 0.29) is 18.5 Å². The van der Waals surface area contributed by atoms with Crippen LogP contribution in [0.2, 0.25) is 0 Å². The summed E-state index contributed by atoms with van der Waals surface area (Å²) in [4.78, 5) is 24.8. The van der Waals surface area contributed by atoms with E-state index in [0.29, 0.717) is 6.42 Å². The SMILES string of the molecule is CNC(=O)C(N)COC(=O)CCN1CCCCC1. The fourth-order valence-corrected chi connectivity index (χ4v) is 1.95. The number of likely N-dealkylation sites (tertiary alicyclic amines) is 1. The fraction of sp³-hybridized carbons (Fsp3) is 0.833. The van der Waals surface area contributed by atoms with Crippen LogP contribution < -0.4 is 11.1 Å². The van der Waals surface area contributed by atoms with Crippen LogP contribution in [-0.2, 0) is 14.3 Å². The monoisotopic (exact) mass is 257 g/mol. The van der Waals surface area contributed by atoms with E-state index in [9.17, 15) is 9.59 Å². The average Bonchev–Trinajstić information content (AvgIpc) is 2.42. The van der Waals surface area contributed by atoms with Gasteiger partial charge in [-0.15, -0.1) is 0 Å². The second kappa shape index (κ2) is 8.05. The first-order valence-electron chi connectivity index (χ1n) is 6.48. The Morgan fingerprint density at radius 1 is 1.33 bits per heavy atom. The van der Waals surface area contributed by atoms with Crippen LogP contribution in [0.15, 0.2) is 0 Å². The Balaban J connectivity index is 2.11. The van der Waals surface area contributed by atoms with Gasteiger partial charge < -0.3 is 20.7 Å². The van der Waals surface area contributed by atoms with E-state index in [2.05, 4.69) is 10.2 Å². The van der Waals surface area contributed by atoms with Crippen molar-refractivity contribution in [3.63, 3.8) is 0 Å². The molecular weight excluding hydrogens is 234 g/mol. The van der Waals surface area contributed by atoms with Crippen LogP contribution in [0.5, 0.6) is 0 Å². The number of nitrogens with two attached hydrogens (primary N) is 1. The van der Waals surface area contributed by atoms with Crippen molar-refractivity contribution in [1.82, 2.24) is 10.2 Å². The van der Waals surface area contributed by atoms with Gasteiger partial charge in [0.1, 0.15) is 12.6 Å². The van der Waals surface area contributed by atoms with E-state index in [1.807, 2.05) is 0 Å². The molecule has 0 radical (unpaired) electrons. The van der Waals surface area contributed by atoms with Gasteiger partial charge >= 0.3 is 5.97 Å². The van der Waals surface area contributed by atoms with E-state index in [1.165, 1.54) is 26.3 Å². The Hall–Kier alpha value is -1.14. The highest BCUT2D eigenvalue weighted by Crippen LogP contribution is 2.08. The third kappa shape index (κ3) is 5.46. The fourth-order valence-electron chi connectivity index (χ4n) is 1.95. The third-order valence-corrected chi connectivity index (χ3v) is 3.09. The molecule has 1 saturated heterocycles. The summed E-state index contributed by atoms with van der Waals surface area (Å²) in [6, 6.07) is -0.783. The van der Waals surface area contributed by atoms with Crippen LogP contribution in [0.3, 0.4) is 0 Å². The molecule has 1 unspecified atom stereocenters. The minimum Gasteiger partial charge on any atom is -0.463 e. The molecule has 104 valence electrons. The Bertz CT molecular complexity index is 278. The summed E-state index contributed by atoms with van der Waals surface area (Å²) in [5.74, 6) is -0.612. The first-order chi connectivity index (χ1) is 8.63. The molecule has 1 rings (SSSR count). The molecular formula is C12H23N3O3. The number of hydrogen-bond donors (Lipinski definition) is 2. The van der Waals surface area contributed by atoms with Crippen molar-refractivity contribution in [2.75, 3.05) is 33.3 Å². The number of ether oxygens (including phenoxy) is 1. The highest BCUT2D eigenvalue weighted by Gasteiger charge is 2.15. The molecule has 1 aliphatic rings. The van der Waals surface area contributed by atoms with Crippen LogP contribution in [0.25, 0.3) is 0 Å². The molecule has 3 N–H and O–H groups in total. The molecule has 0 bridgehead atoms. The second-order valence-corrected chi connectivity index (χ2v) is 4.56. The summed E-state index contributed by atoms with van der Waals surface area (Å²) in [7, 11) is 1.50. The highest BCUT2D eigenvalue weighted by molar-refractivity contribution is 5.81. The smallest absolute Gasteiger partial charge is 0.307 e. The van der Waals surface area contributed by atoms with Gasteiger partial charge in [-0.25, -0.2) is 0 Å². The van der Waals surface area contributed by atoms with Crippen LogP contribution in [-0.4, -0.2) is 56.1 Å². The van der Waals surface area contributed by atoms with Gasteiger partial charge in [0, 0.05) is 13.6 Å². The van der Waals surface area contributed by atoms with E-state index in [1.54, 1.807) is 0 Å². The largest absolute Gasteiger partial charge is 0.463 e. The molecule has 18 heavy (non-hydrogen) atoms. The molecule has 1 atom stereocenters. The van der Waals surface area contributed by atoms with Crippen LogP contribution in [0, 0.1) is 0 Å². The second-order valence-electron chi connectivity index (χ2n) is 4.56. The number of amides is 1. The molecule has 0 aromatic carbocycles. The summed E-state index contributed by atoms with van der Waals surface area (Å²) >= 11 is 0. The third-order valence-electron chi connectivity index (χ3n) is 3.09. The first kappa shape index (κ1) is 14.9. The summed E-state index contributed by atoms with van der Waals surface area (Å²) in [5.41, 5.74) is 5.52. The molecule has 1 aliphatic heterocycles. The maximum absolute atomic E-state index is 11.5. The van der Waals surface area contributed by atoms with Crippen molar-refractivity contribution in [3.8, 4) is 0 Å². The minimum absolute atomic E-state index is 0.0570. The number of esters is 1. The van der Waals surface area contributed by atoms with Gasteiger partial charge in [-0.1, -0.05) is 6.42 Å². The number of rotatable bonds is 6. The average molecular weight is 257 g/mol. The predicted molar refractivity (Wildman–Crippen MR) is 67.9 cm³/mol. The zero-order chi connectivity index (χ0) is 13.4. The Morgan fingerprint density at radius 2 is 2.00 bits per heavy atom. The summed E-state index contributed by atoms with van der Waals surface area (Å²) in [6.07, 6.45) is 4.05. The normalized spacial score (nSPS) is 18.1. The lowest BCUT2D eigenvalue weighted by Crippen LogP contribution is -2.42. The van der Waals surface area contributed by atoms with Crippen LogP contribution in [0.1, 0.15) is 25.7 Å². The lowest BCUT2D eigenvalue weighted by Gasteiger charge is -2.25. The van der Waals surface area contributed by atoms with E-state index in [4.69, 9.17) is 10.5 Å². The maximum atomic E-state index is 11.5. The number of hydrogen-bond acceptors (Lipinski definition) is 5. The lowest BCUT2D eigenvalue weighted by atomic mass is 10.1. The van der Waals surface area contributed by atoms with Gasteiger partial charge in [-0.3, -0.25) is 9.59 Å². The molecule has 6 nitrogen and oxygen atoms in total. The number of likely N-dealkylation sites (N-methyl/N-ethyl adjacent to an activating group) is 1. The standard InChI is InChI=1S/C12H23N3O3/c1-14-12(17)10(13)9-18-11(16)5-8-15-6-3-2-4-7-15/h10H,2-9,13H2,1H3,(H,14,17). The summed E-state index contributed by atoms with van der Waals surface area (Å²) in [5, 5.41) is 2.41. The van der Waals surface area contributed by atoms with E-state index >= 15 is 0 Å². The number of nitrogens with zero attached hydrogens (tertiary/aromatic N) is 1. The number of carbonyl (C=O) groups is 2. The highest BCUT2D eigenvalue weighted by atomic mass is 16.5. The van der Waals surface area contributed by atoms with E-state index in [0.717, 1.165) is 19.6 Å². The molecule has 6 heteroatoms. The zero-order valence-corrected chi connectivity index (χ0v) is 11.0. The Morgan fingerprint density at radius 3 is 2.61 bits per heavy atom. The van der Waals surface area contributed by atoms with Crippen LogP contribution in [0.4, 0.5) is 0 Å². The van der Waals surface area contributed by atoms with Crippen molar-refractivity contribution >= 4 is 11.9 Å². The molecule has 0 aromatic heterocycles. The molecule has 0 saturated carbocycles. The van der Waals surface area contributed by atoms with Gasteiger partial charge in [0.25, 0.3) is 0 Å². The van der Waals surface area contributed by atoms with Crippen molar-refractivity contribution in [2.45, 2.75) is 31.7 Å². The van der Waals surface area contributed by atoms with Crippen molar-refractivity contribution in [2.24, 2.45) is 5.73 Å². The number of nitrogens with one attached hydrogen (secondary N) is 1. The van der Waals surface area contributed by atoms with Crippen molar-refractivity contribution in [1.29, 1.82) is 0 Å². The molecule has 1 amide bonds. The predicted octanol–water partition coefficient (Wildman–Crippen LogP) is -0.521. The molecule has 0 spiro atoms. The topological polar surface area (TPSA) is 84.7 Å². The molecule has 1 heterocycles. The Kier molecular flexibility index (Phi) is 6.67. The van der Waals surface area contributed by atoms with Crippen LogP contribution >= 0.6 is 0 Å². The first-order valence-corrected chi connectivity index (χ1v) is 6.48. The van der Waals surface area contributed by atoms with Crippen molar-refractivity contribution < 1.29 is 14.3 Å². The van der Waals surface area contributed by atoms with Gasteiger partial charge in [0.15, 0.2) is 0 Å². The van der Waals surface area contributed by atoms with E-state index < -0.39 is 6.04 Å². The summed E-state index contributed by atoms with van der Waals surface area (Å²) in [6.45, 7) is 2.79. The van der Waals surface area contributed by atoms with Gasteiger partial charge in [-0.05, 0) is 25.9 Å². The van der Waals surface area contributed by atoms with Gasteiger partial charge in [0.05, 0.1) is 6.42 Å². The lowest BCUT2D eigenvalue weighted by molar-refractivity contribution is -0.145. The van der Waals surface area contributed by atoms with Gasteiger partial charge in [-0.2, -0.15) is 0 Å². The number of piperidine rings is 1. The zero-order valence-electron chi connectivity index (χ0n) is 11.0. The number of carbonyl (C=O) groups excluding carboxylic acids is 2. The van der Waals surface area contributed by atoms with Crippen molar-refractivity contribution in [3.05, 3.63) is 0 Å². The quantitative estimate of drug-likeness (QED) is 0.625.